The highest BCUT2D eigenvalue weighted by Gasteiger charge is 2.03. The van der Waals surface area contributed by atoms with Crippen molar-refractivity contribution in [3.8, 4) is 0 Å². The minimum absolute atomic E-state index is 0.923. The maximum Gasteiger partial charge on any atom is -0.00132 e. The lowest BCUT2D eigenvalue weighted by Gasteiger charge is -2.07. The molecule has 4 aromatic rings. The Balaban J connectivity index is 1.79. The van der Waals surface area contributed by atoms with Gasteiger partial charge >= 0.3 is 0 Å². The van der Waals surface area contributed by atoms with Gasteiger partial charge in [0, 0.05) is 0 Å². The van der Waals surface area contributed by atoms with Crippen molar-refractivity contribution in [3.05, 3.63) is 96.1 Å². The van der Waals surface area contributed by atoms with Gasteiger partial charge in [-0.15, -0.1) is 0 Å². The first-order valence-corrected chi connectivity index (χ1v) is 7.26. The first-order valence-electron chi connectivity index (χ1n) is 7.26. The Morgan fingerprint density at radius 3 is 2.33 bits per heavy atom. The Morgan fingerprint density at radius 1 is 0.667 bits per heavy atom. The van der Waals surface area contributed by atoms with Crippen LogP contribution in [0, 0.1) is 6.07 Å². The number of rotatable bonds is 2. The molecule has 0 aliphatic carbocycles. The summed E-state index contributed by atoms with van der Waals surface area (Å²) in [6, 6.07) is 31.3. The molecule has 0 spiro atoms. The molecule has 0 heterocycles. The van der Waals surface area contributed by atoms with Crippen LogP contribution in [0.2, 0.25) is 0 Å². The molecular formula is C21H15. The lowest BCUT2D eigenvalue weighted by Crippen LogP contribution is -1.90. The van der Waals surface area contributed by atoms with Gasteiger partial charge < -0.3 is 0 Å². The summed E-state index contributed by atoms with van der Waals surface area (Å²) in [6.45, 7) is 0. The summed E-state index contributed by atoms with van der Waals surface area (Å²) >= 11 is 0. The highest BCUT2D eigenvalue weighted by molar-refractivity contribution is 5.86. The van der Waals surface area contributed by atoms with Crippen molar-refractivity contribution in [1.29, 1.82) is 0 Å². The van der Waals surface area contributed by atoms with Gasteiger partial charge in [-0.3, -0.25) is 0 Å². The number of hydrogen-bond donors (Lipinski definition) is 0. The molecule has 0 heteroatoms. The van der Waals surface area contributed by atoms with Crippen LogP contribution >= 0.6 is 0 Å². The van der Waals surface area contributed by atoms with Crippen LogP contribution in [0.3, 0.4) is 0 Å². The van der Waals surface area contributed by atoms with Gasteiger partial charge in [0.05, 0.1) is 0 Å². The molecule has 0 amide bonds. The summed E-state index contributed by atoms with van der Waals surface area (Å²) < 4.78 is 0. The predicted molar refractivity (Wildman–Crippen MR) is 89.5 cm³/mol. The zero-order valence-electron chi connectivity index (χ0n) is 11.7. The van der Waals surface area contributed by atoms with Gasteiger partial charge in [-0.1, -0.05) is 78.9 Å². The van der Waals surface area contributed by atoms with E-state index < -0.39 is 0 Å². The molecule has 0 aliphatic rings. The quantitative estimate of drug-likeness (QED) is 0.457. The Hall–Kier alpha value is -2.60. The van der Waals surface area contributed by atoms with Crippen LogP contribution in [0.4, 0.5) is 0 Å². The fraction of sp³-hybridized carbons (Fsp3) is 0.0476. The molecular weight excluding hydrogens is 252 g/mol. The van der Waals surface area contributed by atoms with Crippen LogP contribution in [0.5, 0.6) is 0 Å². The topological polar surface area (TPSA) is 0 Å². The van der Waals surface area contributed by atoms with Crippen LogP contribution in [-0.2, 0) is 6.42 Å². The molecule has 0 aromatic heterocycles. The van der Waals surface area contributed by atoms with E-state index in [0.29, 0.717) is 0 Å². The van der Waals surface area contributed by atoms with Crippen LogP contribution in [-0.4, -0.2) is 0 Å². The second-order valence-electron chi connectivity index (χ2n) is 5.40. The SMILES string of the molecule is [c]1ccc2ccccc2c1Cc1ccc2ccccc2c1. The highest BCUT2D eigenvalue weighted by Crippen LogP contribution is 2.23. The third-order valence-corrected chi connectivity index (χ3v) is 4.00. The van der Waals surface area contributed by atoms with Gasteiger partial charge in [-0.2, -0.15) is 0 Å². The minimum atomic E-state index is 0.923. The Morgan fingerprint density at radius 2 is 1.43 bits per heavy atom. The Bertz CT molecular complexity index is 914. The maximum absolute atomic E-state index is 3.41. The van der Waals surface area contributed by atoms with E-state index in [2.05, 4.69) is 78.9 Å². The highest BCUT2D eigenvalue weighted by atomic mass is 14.1. The predicted octanol–water partition coefficient (Wildman–Crippen LogP) is 5.38. The summed E-state index contributed by atoms with van der Waals surface area (Å²) in [5, 5.41) is 5.18. The average Bonchev–Trinajstić information content (AvgIpc) is 2.55. The second kappa shape index (κ2) is 5.06. The van der Waals surface area contributed by atoms with E-state index in [9.17, 15) is 0 Å². The van der Waals surface area contributed by atoms with Crippen molar-refractivity contribution in [2.24, 2.45) is 0 Å². The van der Waals surface area contributed by atoms with Crippen molar-refractivity contribution < 1.29 is 0 Å². The lowest BCUT2D eigenvalue weighted by atomic mass is 9.97. The van der Waals surface area contributed by atoms with Gasteiger partial charge in [-0.25, -0.2) is 0 Å². The van der Waals surface area contributed by atoms with E-state index in [-0.39, 0.29) is 0 Å². The molecule has 4 aromatic carbocycles. The zero-order valence-corrected chi connectivity index (χ0v) is 11.7. The molecule has 0 fully saturated rings. The number of benzene rings is 4. The third kappa shape index (κ3) is 2.30. The normalized spacial score (nSPS) is 11.0. The van der Waals surface area contributed by atoms with Crippen LogP contribution < -0.4 is 0 Å². The van der Waals surface area contributed by atoms with E-state index in [4.69, 9.17) is 0 Å². The third-order valence-electron chi connectivity index (χ3n) is 4.00. The van der Waals surface area contributed by atoms with Crippen LogP contribution in [0.25, 0.3) is 21.5 Å². The summed E-state index contributed by atoms with van der Waals surface area (Å²) in [7, 11) is 0. The molecule has 0 unspecified atom stereocenters. The van der Waals surface area contributed by atoms with Crippen molar-refractivity contribution in [3.63, 3.8) is 0 Å². The fourth-order valence-electron chi connectivity index (χ4n) is 2.93. The monoisotopic (exact) mass is 267 g/mol. The van der Waals surface area contributed by atoms with Gasteiger partial charge in [0.2, 0.25) is 0 Å². The molecule has 21 heavy (non-hydrogen) atoms. The number of hydrogen-bond acceptors (Lipinski definition) is 0. The van der Waals surface area contributed by atoms with E-state index in [0.717, 1.165) is 6.42 Å². The molecule has 0 saturated heterocycles. The first-order chi connectivity index (χ1) is 10.4. The molecule has 0 N–H and O–H groups in total. The molecule has 1 radical (unpaired) electrons. The van der Waals surface area contributed by atoms with E-state index in [1.165, 1.54) is 32.7 Å². The first kappa shape index (κ1) is 12.2. The Kier molecular flexibility index (Phi) is 2.93. The fourth-order valence-corrected chi connectivity index (χ4v) is 2.93. The standard InChI is InChI=1S/C21H15/c1-2-8-19-14-16(12-13-17(19)6-1)15-20-10-5-9-18-7-3-4-11-21(18)20/h1-9,11-14H,15H2. The van der Waals surface area contributed by atoms with Gasteiger partial charge in [0.25, 0.3) is 0 Å². The second-order valence-corrected chi connectivity index (χ2v) is 5.40. The molecule has 0 aliphatic heterocycles. The summed E-state index contributed by atoms with van der Waals surface area (Å²) in [5.74, 6) is 0. The van der Waals surface area contributed by atoms with E-state index in [1.54, 1.807) is 0 Å². The smallest absolute Gasteiger partial charge is 0.00132 e. The van der Waals surface area contributed by atoms with Gasteiger partial charge in [0.15, 0.2) is 0 Å². The minimum Gasteiger partial charge on any atom is -0.0616 e. The van der Waals surface area contributed by atoms with Crippen molar-refractivity contribution in [2.45, 2.75) is 6.42 Å². The molecule has 0 nitrogen and oxygen atoms in total. The van der Waals surface area contributed by atoms with E-state index in [1.807, 2.05) is 6.07 Å². The Labute approximate surface area is 124 Å². The summed E-state index contributed by atoms with van der Waals surface area (Å²) in [5.41, 5.74) is 2.60. The molecule has 4 rings (SSSR count). The largest absolute Gasteiger partial charge is 0.0616 e. The van der Waals surface area contributed by atoms with Crippen LogP contribution in [0.15, 0.2) is 78.9 Å². The van der Waals surface area contributed by atoms with Gasteiger partial charge in [0.1, 0.15) is 0 Å². The molecule has 0 bridgehead atoms. The number of fused-ring (bicyclic) bond motifs is 2. The summed E-state index contributed by atoms with van der Waals surface area (Å²) in [4.78, 5) is 0. The van der Waals surface area contributed by atoms with Gasteiger partial charge in [-0.05, 0) is 45.2 Å². The molecule has 0 saturated carbocycles. The van der Waals surface area contributed by atoms with Crippen molar-refractivity contribution in [2.75, 3.05) is 0 Å². The maximum atomic E-state index is 3.41. The zero-order chi connectivity index (χ0) is 14.1. The molecule has 99 valence electrons. The molecule has 0 atom stereocenters. The summed E-state index contributed by atoms with van der Waals surface area (Å²) in [6.07, 6.45) is 0.923. The van der Waals surface area contributed by atoms with Crippen LogP contribution in [0.1, 0.15) is 11.1 Å². The average molecular weight is 267 g/mol. The van der Waals surface area contributed by atoms with E-state index >= 15 is 0 Å². The van der Waals surface area contributed by atoms with Crippen molar-refractivity contribution in [1.82, 2.24) is 0 Å². The van der Waals surface area contributed by atoms with Crippen molar-refractivity contribution >= 4 is 21.5 Å². The lowest BCUT2D eigenvalue weighted by molar-refractivity contribution is 1.22.